The van der Waals surface area contributed by atoms with Gasteiger partial charge in [0.15, 0.2) is 4.34 Å². The summed E-state index contributed by atoms with van der Waals surface area (Å²) in [5, 5.41) is 12.4. The first-order valence-corrected chi connectivity index (χ1v) is 9.76. The van der Waals surface area contributed by atoms with Gasteiger partial charge in [-0.3, -0.25) is 4.79 Å². The molecule has 1 aliphatic heterocycles. The molecule has 0 aromatic carbocycles. The fourth-order valence-electron chi connectivity index (χ4n) is 2.35. The summed E-state index contributed by atoms with van der Waals surface area (Å²) in [6.07, 6.45) is 6.07. The minimum absolute atomic E-state index is 0.0259. The van der Waals surface area contributed by atoms with Crippen LogP contribution in [0.3, 0.4) is 0 Å². The third kappa shape index (κ3) is 6.12. The second-order valence-electron chi connectivity index (χ2n) is 6.69. The monoisotopic (exact) mass is 342 g/mol. The van der Waals surface area contributed by atoms with Crippen molar-refractivity contribution >= 4 is 34.1 Å². The van der Waals surface area contributed by atoms with E-state index in [1.165, 1.54) is 42.4 Å². The molecule has 1 aromatic heterocycles. The van der Waals surface area contributed by atoms with Crippen molar-refractivity contribution in [2.45, 2.75) is 62.8 Å². The van der Waals surface area contributed by atoms with Gasteiger partial charge in [0.1, 0.15) is 0 Å². The van der Waals surface area contributed by atoms with Gasteiger partial charge in [-0.15, -0.1) is 10.2 Å². The van der Waals surface area contributed by atoms with Crippen LogP contribution in [0.5, 0.6) is 0 Å². The summed E-state index contributed by atoms with van der Waals surface area (Å²) in [5.74, 6) is 0.692. The number of nitrogens with one attached hydrogen (secondary N) is 1. The molecule has 0 unspecified atom stereocenters. The van der Waals surface area contributed by atoms with E-state index in [0.717, 1.165) is 35.4 Å². The van der Waals surface area contributed by atoms with Crippen LogP contribution in [0, 0.1) is 0 Å². The standard InChI is InChI=1S/C15H26N4OS2/c1-15(2,3)16-13-17-18-14(22-13)21-11-12(20)19-9-7-5-4-6-8-10-19/h4-11H2,1-3H3,(H,16,17). The smallest absolute Gasteiger partial charge is 0.233 e. The van der Waals surface area contributed by atoms with Gasteiger partial charge in [0.2, 0.25) is 11.0 Å². The molecule has 22 heavy (non-hydrogen) atoms. The van der Waals surface area contributed by atoms with Crippen molar-refractivity contribution in [2.24, 2.45) is 0 Å². The Kier molecular flexibility index (Phi) is 6.50. The highest BCUT2D eigenvalue weighted by Gasteiger charge is 2.17. The molecule has 0 saturated carbocycles. The third-order valence-corrected chi connectivity index (χ3v) is 5.37. The van der Waals surface area contributed by atoms with E-state index in [0.29, 0.717) is 5.75 Å². The molecule has 7 heteroatoms. The molecule has 2 heterocycles. The average Bonchev–Trinajstić information content (AvgIpc) is 2.81. The molecular weight excluding hydrogens is 316 g/mol. The fourth-order valence-corrected chi connectivity index (χ4v) is 4.21. The first-order valence-electron chi connectivity index (χ1n) is 7.96. The number of thioether (sulfide) groups is 1. The Morgan fingerprint density at radius 3 is 2.45 bits per heavy atom. The zero-order valence-corrected chi connectivity index (χ0v) is 15.4. The zero-order chi connectivity index (χ0) is 16.0. The Labute approximate surface area is 141 Å². The van der Waals surface area contributed by atoms with Gasteiger partial charge in [-0.2, -0.15) is 0 Å². The van der Waals surface area contributed by atoms with Crippen molar-refractivity contribution in [1.82, 2.24) is 15.1 Å². The molecule has 0 spiro atoms. The van der Waals surface area contributed by atoms with Crippen LogP contribution in [0.25, 0.3) is 0 Å². The topological polar surface area (TPSA) is 58.1 Å². The normalized spacial score (nSPS) is 17.0. The molecule has 1 fully saturated rings. The van der Waals surface area contributed by atoms with Crippen LogP contribution in [0.4, 0.5) is 5.13 Å². The van der Waals surface area contributed by atoms with E-state index in [1.807, 2.05) is 4.90 Å². The lowest BCUT2D eigenvalue weighted by Crippen LogP contribution is -2.35. The van der Waals surface area contributed by atoms with Gasteiger partial charge in [0, 0.05) is 18.6 Å². The van der Waals surface area contributed by atoms with Crippen LogP contribution in [0.1, 0.15) is 52.9 Å². The van der Waals surface area contributed by atoms with Crippen LogP contribution >= 0.6 is 23.1 Å². The van der Waals surface area contributed by atoms with Gasteiger partial charge in [-0.1, -0.05) is 42.4 Å². The molecule has 1 N–H and O–H groups in total. The molecule has 0 radical (unpaired) electrons. The second kappa shape index (κ2) is 8.15. The van der Waals surface area contributed by atoms with E-state index in [9.17, 15) is 4.79 Å². The zero-order valence-electron chi connectivity index (χ0n) is 13.7. The van der Waals surface area contributed by atoms with Gasteiger partial charge >= 0.3 is 0 Å². The second-order valence-corrected chi connectivity index (χ2v) is 8.89. The molecule has 1 amide bonds. The maximum atomic E-state index is 12.3. The fraction of sp³-hybridized carbons (Fsp3) is 0.800. The highest BCUT2D eigenvalue weighted by atomic mass is 32.2. The van der Waals surface area contributed by atoms with E-state index in [-0.39, 0.29) is 11.4 Å². The Balaban J connectivity index is 1.80. The number of hydrogen-bond acceptors (Lipinski definition) is 6. The van der Waals surface area contributed by atoms with Crippen LogP contribution in [0.2, 0.25) is 0 Å². The van der Waals surface area contributed by atoms with Gasteiger partial charge in [-0.25, -0.2) is 0 Å². The molecule has 1 aromatic rings. The van der Waals surface area contributed by atoms with E-state index in [2.05, 4.69) is 36.3 Å². The molecule has 1 saturated heterocycles. The average molecular weight is 343 g/mol. The van der Waals surface area contributed by atoms with E-state index < -0.39 is 0 Å². The van der Waals surface area contributed by atoms with Crippen LogP contribution in [-0.4, -0.2) is 45.4 Å². The number of carbonyl (C=O) groups excluding carboxylic acids is 1. The minimum atomic E-state index is -0.0259. The number of aromatic nitrogens is 2. The van der Waals surface area contributed by atoms with Crippen molar-refractivity contribution in [3.8, 4) is 0 Å². The maximum absolute atomic E-state index is 12.3. The highest BCUT2D eigenvalue weighted by Crippen LogP contribution is 2.27. The van der Waals surface area contributed by atoms with E-state index >= 15 is 0 Å². The molecule has 124 valence electrons. The number of nitrogens with zero attached hydrogens (tertiary/aromatic N) is 3. The number of hydrogen-bond donors (Lipinski definition) is 1. The lowest BCUT2D eigenvalue weighted by molar-refractivity contribution is -0.128. The molecule has 0 atom stereocenters. The third-order valence-electron chi connectivity index (χ3n) is 3.42. The quantitative estimate of drug-likeness (QED) is 0.847. The van der Waals surface area contributed by atoms with Gasteiger partial charge in [0.05, 0.1) is 5.75 Å². The first kappa shape index (κ1) is 17.5. The van der Waals surface area contributed by atoms with Crippen LogP contribution in [-0.2, 0) is 4.79 Å². The van der Waals surface area contributed by atoms with Crippen LogP contribution in [0.15, 0.2) is 4.34 Å². The summed E-state index contributed by atoms with van der Waals surface area (Å²) in [5.41, 5.74) is -0.0259. The number of rotatable bonds is 4. The van der Waals surface area contributed by atoms with Crippen molar-refractivity contribution in [2.75, 3.05) is 24.2 Å². The Bertz CT molecular complexity index is 476. The molecular formula is C15H26N4OS2. The number of carbonyl (C=O) groups is 1. The molecule has 5 nitrogen and oxygen atoms in total. The maximum Gasteiger partial charge on any atom is 0.233 e. The lowest BCUT2D eigenvalue weighted by atomic mass is 10.1. The van der Waals surface area contributed by atoms with Gasteiger partial charge in [-0.05, 0) is 33.6 Å². The largest absolute Gasteiger partial charge is 0.355 e. The minimum Gasteiger partial charge on any atom is -0.355 e. The first-order chi connectivity index (χ1) is 10.4. The number of likely N-dealkylation sites (tertiary alicyclic amines) is 1. The predicted octanol–water partition coefficient (Wildman–Crippen LogP) is 3.63. The summed E-state index contributed by atoms with van der Waals surface area (Å²) < 4.78 is 0.854. The summed E-state index contributed by atoms with van der Waals surface area (Å²) in [4.78, 5) is 14.3. The summed E-state index contributed by atoms with van der Waals surface area (Å²) in [6, 6.07) is 0. The Morgan fingerprint density at radius 2 is 1.82 bits per heavy atom. The van der Waals surface area contributed by atoms with Gasteiger partial charge in [0.25, 0.3) is 0 Å². The van der Waals surface area contributed by atoms with Crippen molar-refractivity contribution < 1.29 is 4.79 Å². The molecule has 1 aliphatic rings. The summed E-state index contributed by atoms with van der Waals surface area (Å²) in [7, 11) is 0. The number of amides is 1. The lowest BCUT2D eigenvalue weighted by Gasteiger charge is -2.24. The van der Waals surface area contributed by atoms with E-state index in [4.69, 9.17) is 0 Å². The van der Waals surface area contributed by atoms with Crippen molar-refractivity contribution in [3.63, 3.8) is 0 Å². The summed E-state index contributed by atoms with van der Waals surface area (Å²) in [6.45, 7) is 8.09. The van der Waals surface area contributed by atoms with E-state index in [1.54, 1.807) is 0 Å². The van der Waals surface area contributed by atoms with Crippen LogP contribution < -0.4 is 5.32 Å². The van der Waals surface area contributed by atoms with Crippen molar-refractivity contribution in [3.05, 3.63) is 0 Å². The molecule has 0 bridgehead atoms. The SMILES string of the molecule is CC(C)(C)Nc1nnc(SCC(=O)N2CCCCCCC2)s1. The number of anilines is 1. The van der Waals surface area contributed by atoms with Crippen molar-refractivity contribution in [1.29, 1.82) is 0 Å². The van der Waals surface area contributed by atoms with Gasteiger partial charge < -0.3 is 10.2 Å². The predicted molar refractivity (Wildman–Crippen MR) is 93.7 cm³/mol. The Morgan fingerprint density at radius 1 is 1.18 bits per heavy atom. The molecule has 0 aliphatic carbocycles. The molecule has 2 rings (SSSR count). The highest BCUT2D eigenvalue weighted by molar-refractivity contribution is 8.01. The Hall–Kier alpha value is -0.820. The summed E-state index contributed by atoms with van der Waals surface area (Å²) >= 11 is 3.01.